The number of carboxylic acid groups (broad SMARTS) is 1. The van der Waals surface area contributed by atoms with Crippen LogP contribution in [0.1, 0.15) is 16.8 Å². The lowest BCUT2D eigenvalue weighted by Crippen LogP contribution is -2.11. The maximum absolute atomic E-state index is 11.5. The molecular weight excluding hydrogens is 284 g/mol. The summed E-state index contributed by atoms with van der Waals surface area (Å²) in [5.74, 6) is -0.643. The van der Waals surface area contributed by atoms with E-state index < -0.39 is 5.97 Å². The van der Waals surface area contributed by atoms with Crippen LogP contribution in [-0.2, 0) is 9.53 Å². The molecule has 2 rings (SSSR count). The standard InChI is InChI=1S/C13H14O6S/c1-17-8-5-7(12(14)15)11(6-9(8)18-2)20-10-3-4-19-13(10)16/h5-6,10H,3-4H2,1-2H3,(H,14,15). The van der Waals surface area contributed by atoms with Crippen LogP contribution in [0.5, 0.6) is 11.5 Å². The van der Waals surface area contributed by atoms with Crippen molar-refractivity contribution in [2.24, 2.45) is 0 Å². The minimum atomic E-state index is -1.08. The largest absolute Gasteiger partial charge is 0.493 e. The average molecular weight is 298 g/mol. The van der Waals surface area contributed by atoms with Crippen molar-refractivity contribution in [3.05, 3.63) is 17.7 Å². The lowest BCUT2D eigenvalue weighted by Gasteiger charge is -2.13. The summed E-state index contributed by atoms with van der Waals surface area (Å²) in [5, 5.41) is 8.88. The Morgan fingerprint density at radius 2 is 2.00 bits per heavy atom. The number of thioether (sulfide) groups is 1. The predicted octanol–water partition coefficient (Wildman–Crippen LogP) is 1.81. The molecule has 6 nitrogen and oxygen atoms in total. The van der Waals surface area contributed by atoms with Crippen molar-refractivity contribution in [2.75, 3.05) is 20.8 Å². The molecule has 0 spiro atoms. The van der Waals surface area contributed by atoms with Gasteiger partial charge in [0.2, 0.25) is 0 Å². The molecular formula is C13H14O6S. The number of hydrogen-bond donors (Lipinski definition) is 1. The third-order valence-electron chi connectivity index (χ3n) is 2.87. The Balaban J connectivity index is 2.38. The second kappa shape index (κ2) is 6.04. The summed E-state index contributed by atoms with van der Waals surface area (Å²) in [5.41, 5.74) is 0.0763. The van der Waals surface area contributed by atoms with Crippen molar-refractivity contribution < 1.29 is 28.9 Å². The van der Waals surface area contributed by atoms with Crippen LogP contribution in [0.15, 0.2) is 17.0 Å². The molecule has 0 amide bonds. The molecule has 7 heteroatoms. The van der Waals surface area contributed by atoms with E-state index >= 15 is 0 Å². The van der Waals surface area contributed by atoms with Crippen LogP contribution in [0.4, 0.5) is 0 Å². The van der Waals surface area contributed by atoms with E-state index in [1.807, 2.05) is 0 Å². The molecule has 1 aromatic carbocycles. The quantitative estimate of drug-likeness (QED) is 0.830. The van der Waals surface area contributed by atoms with Gasteiger partial charge in [-0.3, -0.25) is 4.79 Å². The van der Waals surface area contributed by atoms with E-state index in [2.05, 4.69) is 0 Å². The number of ether oxygens (including phenoxy) is 3. The molecule has 1 N–H and O–H groups in total. The predicted molar refractivity (Wildman–Crippen MR) is 71.7 cm³/mol. The number of rotatable bonds is 5. The first-order chi connectivity index (χ1) is 9.56. The van der Waals surface area contributed by atoms with Gasteiger partial charge in [-0.05, 0) is 12.1 Å². The zero-order chi connectivity index (χ0) is 14.7. The van der Waals surface area contributed by atoms with Gasteiger partial charge in [0.1, 0.15) is 5.25 Å². The summed E-state index contributed by atoms with van der Waals surface area (Å²) in [6, 6.07) is 2.96. The third-order valence-corrected chi connectivity index (χ3v) is 4.18. The molecule has 0 saturated carbocycles. The maximum Gasteiger partial charge on any atom is 0.336 e. The van der Waals surface area contributed by atoms with E-state index in [0.717, 1.165) is 0 Å². The monoisotopic (exact) mass is 298 g/mol. The van der Waals surface area contributed by atoms with Crippen LogP contribution in [0, 0.1) is 0 Å². The van der Waals surface area contributed by atoms with E-state index in [-0.39, 0.29) is 16.8 Å². The van der Waals surface area contributed by atoms with Gasteiger partial charge >= 0.3 is 11.9 Å². The van der Waals surface area contributed by atoms with Crippen LogP contribution in [0.2, 0.25) is 0 Å². The van der Waals surface area contributed by atoms with Crippen LogP contribution < -0.4 is 9.47 Å². The van der Waals surface area contributed by atoms with Crippen molar-refractivity contribution in [1.82, 2.24) is 0 Å². The number of carbonyl (C=O) groups excluding carboxylic acids is 1. The number of carboxylic acids is 1. The van der Waals surface area contributed by atoms with Gasteiger partial charge in [-0.1, -0.05) is 0 Å². The first kappa shape index (κ1) is 14.5. The Labute approximate surface area is 120 Å². The molecule has 0 bridgehead atoms. The van der Waals surface area contributed by atoms with Crippen molar-refractivity contribution >= 4 is 23.7 Å². The minimum absolute atomic E-state index is 0.0763. The number of benzene rings is 1. The SMILES string of the molecule is COc1cc(SC2CCOC2=O)c(C(=O)O)cc1OC. The van der Waals surface area contributed by atoms with Crippen molar-refractivity contribution in [3.8, 4) is 11.5 Å². The topological polar surface area (TPSA) is 82.1 Å². The smallest absolute Gasteiger partial charge is 0.336 e. The number of esters is 1. The molecule has 0 aromatic heterocycles. The minimum Gasteiger partial charge on any atom is -0.493 e. The van der Waals surface area contributed by atoms with Gasteiger partial charge in [-0.25, -0.2) is 4.79 Å². The molecule has 108 valence electrons. The van der Waals surface area contributed by atoms with E-state index in [4.69, 9.17) is 14.2 Å². The Bertz CT molecular complexity index is 542. The number of cyclic esters (lactones) is 1. The molecule has 1 unspecified atom stereocenters. The highest BCUT2D eigenvalue weighted by molar-refractivity contribution is 8.00. The van der Waals surface area contributed by atoms with Crippen molar-refractivity contribution in [1.29, 1.82) is 0 Å². The molecule has 1 saturated heterocycles. The second-order valence-electron chi connectivity index (χ2n) is 4.07. The summed E-state index contributed by atoms with van der Waals surface area (Å²) in [7, 11) is 2.90. The highest BCUT2D eigenvalue weighted by Crippen LogP contribution is 2.38. The fourth-order valence-corrected chi connectivity index (χ4v) is 3.00. The molecule has 1 aromatic rings. The molecule has 0 aliphatic carbocycles. The van der Waals surface area contributed by atoms with E-state index in [0.29, 0.717) is 29.4 Å². The summed E-state index contributed by atoms with van der Waals surface area (Å²) < 4.78 is 15.1. The Morgan fingerprint density at radius 3 is 2.50 bits per heavy atom. The number of hydrogen-bond acceptors (Lipinski definition) is 6. The fourth-order valence-electron chi connectivity index (χ4n) is 1.86. The highest BCUT2D eigenvalue weighted by atomic mass is 32.2. The van der Waals surface area contributed by atoms with Crippen LogP contribution >= 0.6 is 11.8 Å². The zero-order valence-electron chi connectivity index (χ0n) is 11.0. The summed E-state index contributed by atoms with van der Waals surface area (Å²) in [6.07, 6.45) is 0.566. The van der Waals surface area contributed by atoms with E-state index in [1.54, 1.807) is 6.07 Å². The van der Waals surface area contributed by atoms with Gasteiger partial charge in [0, 0.05) is 11.3 Å². The van der Waals surface area contributed by atoms with Crippen molar-refractivity contribution in [2.45, 2.75) is 16.6 Å². The van der Waals surface area contributed by atoms with Gasteiger partial charge in [-0.15, -0.1) is 11.8 Å². The zero-order valence-corrected chi connectivity index (χ0v) is 11.9. The third kappa shape index (κ3) is 2.82. The number of methoxy groups -OCH3 is 2. The summed E-state index contributed by atoms with van der Waals surface area (Å²) >= 11 is 1.17. The lowest BCUT2D eigenvalue weighted by atomic mass is 10.2. The van der Waals surface area contributed by atoms with Crippen LogP contribution in [0.25, 0.3) is 0 Å². The van der Waals surface area contributed by atoms with Gasteiger partial charge in [0.05, 0.1) is 26.4 Å². The lowest BCUT2D eigenvalue weighted by molar-refractivity contribution is -0.137. The van der Waals surface area contributed by atoms with Gasteiger partial charge in [0.15, 0.2) is 11.5 Å². The first-order valence-corrected chi connectivity index (χ1v) is 6.77. The van der Waals surface area contributed by atoms with Crippen molar-refractivity contribution in [3.63, 3.8) is 0 Å². The maximum atomic E-state index is 11.5. The molecule has 20 heavy (non-hydrogen) atoms. The molecule has 1 heterocycles. The fraction of sp³-hybridized carbons (Fsp3) is 0.385. The summed E-state index contributed by atoms with van der Waals surface area (Å²) in [4.78, 5) is 23.3. The van der Waals surface area contributed by atoms with Gasteiger partial charge < -0.3 is 19.3 Å². The number of carbonyl (C=O) groups is 2. The van der Waals surface area contributed by atoms with Gasteiger partial charge in [-0.2, -0.15) is 0 Å². The molecule has 1 aliphatic rings. The Kier molecular flexibility index (Phi) is 4.39. The van der Waals surface area contributed by atoms with Crippen LogP contribution in [-0.4, -0.2) is 43.1 Å². The van der Waals surface area contributed by atoms with Crippen LogP contribution in [0.3, 0.4) is 0 Å². The first-order valence-electron chi connectivity index (χ1n) is 5.89. The Hall–Kier alpha value is -1.89. The van der Waals surface area contributed by atoms with E-state index in [1.165, 1.54) is 32.0 Å². The van der Waals surface area contributed by atoms with Gasteiger partial charge in [0.25, 0.3) is 0 Å². The molecule has 1 atom stereocenters. The normalized spacial score (nSPS) is 17.7. The average Bonchev–Trinajstić information content (AvgIpc) is 2.83. The molecule has 0 radical (unpaired) electrons. The summed E-state index contributed by atoms with van der Waals surface area (Å²) in [6.45, 7) is 0.367. The molecule has 1 fully saturated rings. The molecule has 1 aliphatic heterocycles. The number of aromatic carboxylic acids is 1. The Morgan fingerprint density at radius 1 is 1.35 bits per heavy atom. The van der Waals surface area contributed by atoms with E-state index in [9.17, 15) is 14.7 Å². The highest BCUT2D eigenvalue weighted by Gasteiger charge is 2.29. The second-order valence-corrected chi connectivity index (χ2v) is 5.32.